The maximum absolute atomic E-state index is 3.57. The van der Waals surface area contributed by atoms with Gasteiger partial charge in [0.15, 0.2) is 0 Å². The molecule has 0 heterocycles. The van der Waals surface area contributed by atoms with E-state index in [1.54, 1.807) is 0 Å². The Morgan fingerprint density at radius 2 is 1.92 bits per heavy atom. The lowest BCUT2D eigenvalue weighted by Gasteiger charge is -2.36. The first kappa shape index (κ1) is 10.0. The Kier molecular flexibility index (Phi) is 4.02. The van der Waals surface area contributed by atoms with Crippen LogP contribution in [0.3, 0.4) is 0 Å². The van der Waals surface area contributed by atoms with Gasteiger partial charge in [0, 0.05) is 12.1 Å². The van der Waals surface area contributed by atoms with Crippen LogP contribution in [0, 0.1) is 0 Å². The predicted octanol–water partition coefficient (Wildman–Crippen LogP) is 1.47. The Balaban J connectivity index is 2.42. The molecule has 1 rings (SSSR count). The number of nitrogens with zero attached hydrogens (tertiary/aromatic N) is 1. The smallest absolute Gasteiger partial charge is 0.0243 e. The van der Waals surface area contributed by atoms with Crippen molar-refractivity contribution in [1.82, 2.24) is 10.2 Å². The van der Waals surface area contributed by atoms with Crippen LogP contribution in [-0.4, -0.2) is 37.6 Å². The van der Waals surface area contributed by atoms with Gasteiger partial charge in [-0.15, -0.1) is 0 Å². The van der Waals surface area contributed by atoms with E-state index in [0.29, 0.717) is 0 Å². The third kappa shape index (κ3) is 2.46. The molecule has 1 fully saturated rings. The molecule has 0 radical (unpaired) electrons. The Labute approximate surface area is 76.3 Å². The summed E-state index contributed by atoms with van der Waals surface area (Å²) in [6.45, 7) is 3.30. The maximum atomic E-state index is 3.57. The van der Waals surface area contributed by atoms with Crippen molar-refractivity contribution in [3.8, 4) is 0 Å². The van der Waals surface area contributed by atoms with E-state index in [1.807, 2.05) is 0 Å². The largest absolute Gasteiger partial charge is 0.313 e. The second-order valence-electron chi connectivity index (χ2n) is 3.98. The van der Waals surface area contributed by atoms with Crippen LogP contribution in [0.15, 0.2) is 0 Å². The molecule has 2 nitrogen and oxygen atoms in total. The second kappa shape index (κ2) is 4.83. The summed E-state index contributed by atoms with van der Waals surface area (Å²) in [7, 11) is 4.39. The summed E-state index contributed by atoms with van der Waals surface area (Å²) in [6, 6.07) is 1.50. The molecule has 1 aliphatic carbocycles. The number of nitrogens with one attached hydrogen (secondary N) is 1. The van der Waals surface area contributed by atoms with Crippen LogP contribution in [0.2, 0.25) is 0 Å². The van der Waals surface area contributed by atoms with E-state index in [-0.39, 0.29) is 0 Å². The van der Waals surface area contributed by atoms with Gasteiger partial charge >= 0.3 is 0 Å². The van der Waals surface area contributed by atoms with Crippen molar-refractivity contribution in [1.29, 1.82) is 0 Å². The number of likely N-dealkylation sites (N-methyl/N-ethyl adjacent to an activating group) is 2. The van der Waals surface area contributed by atoms with Gasteiger partial charge in [0.05, 0.1) is 0 Å². The van der Waals surface area contributed by atoms with Crippen LogP contribution in [0.25, 0.3) is 0 Å². The molecule has 0 aliphatic heterocycles. The van der Waals surface area contributed by atoms with Crippen molar-refractivity contribution in [3.63, 3.8) is 0 Å². The van der Waals surface area contributed by atoms with E-state index >= 15 is 0 Å². The average Bonchev–Trinajstić information content (AvgIpc) is 2.05. The molecular formula is C10H22N2. The summed E-state index contributed by atoms with van der Waals surface area (Å²) >= 11 is 0. The highest BCUT2D eigenvalue weighted by molar-refractivity contribution is 4.85. The quantitative estimate of drug-likeness (QED) is 0.690. The lowest BCUT2D eigenvalue weighted by molar-refractivity contribution is 0.178. The van der Waals surface area contributed by atoms with Gasteiger partial charge in [0.25, 0.3) is 0 Å². The molecule has 1 N–H and O–H groups in total. The number of hydrogen-bond acceptors (Lipinski definition) is 2. The first-order chi connectivity index (χ1) is 5.75. The number of rotatable bonds is 3. The molecule has 72 valence electrons. The summed E-state index contributed by atoms with van der Waals surface area (Å²) in [5, 5.41) is 3.57. The van der Waals surface area contributed by atoms with Gasteiger partial charge in [-0.3, -0.25) is 0 Å². The van der Waals surface area contributed by atoms with Gasteiger partial charge in [-0.2, -0.15) is 0 Å². The average molecular weight is 170 g/mol. The van der Waals surface area contributed by atoms with Gasteiger partial charge in [0.2, 0.25) is 0 Å². The van der Waals surface area contributed by atoms with Crippen LogP contribution in [-0.2, 0) is 0 Å². The normalized spacial score (nSPS) is 31.0. The molecule has 0 aromatic carbocycles. The Morgan fingerprint density at radius 1 is 1.25 bits per heavy atom. The first-order valence-corrected chi connectivity index (χ1v) is 5.15. The fraction of sp³-hybridized carbons (Fsp3) is 1.00. The van der Waals surface area contributed by atoms with Gasteiger partial charge in [-0.05, 0) is 33.5 Å². The van der Waals surface area contributed by atoms with E-state index in [9.17, 15) is 0 Å². The van der Waals surface area contributed by atoms with Crippen LogP contribution in [0.5, 0.6) is 0 Å². The fourth-order valence-corrected chi connectivity index (χ4v) is 2.23. The van der Waals surface area contributed by atoms with Crippen molar-refractivity contribution in [3.05, 3.63) is 0 Å². The topological polar surface area (TPSA) is 15.3 Å². The zero-order valence-corrected chi connectivity index (χ0v) is 8.64. The molecule has 12 heavy (non-hydrogen) atoms. The van der Waals surface area contributed by atoms with E-state index in [4.69, 9.17) is 0 Å². The van der Waals surface area contributed by atoms with Gasteiger partial charge in [-0.25, -0.2) is 0 Å². The highest BCUT2D eigenvalue weighted by Gasteiger charge is 2.25. The molecule has 0 amide bonds. The molecule has 0 bridgehead atoms. The summed E-state index contributed by atoms with van der Waals surface area (Å²) < 4.78 is 0. The molecule has 1 saturated carbocycles. The van der Waals surface area contributed by atoms with Crippen molar-refractivity contribution in [2.24, 2.45) is 0 Å². The Hall–Kier alpha value is -0.0800. The molecule has 0 spiro atoms. The van der Waals surface area contributed by atoms with E-state index in [2.05, 4.69) is 31.2 Å². The molecule has 2 heteroatoms. The molecule has 0 aromatic rings. The molecular weight excluding hydrogens is 148 g/mol. The summed E-state index contributed by atoms with van der Waals surface area (Å²) in [4.78, 5) is 2.37. The van der Waals surface area contributed by atoms with E-state index < -0.39 is 0 Å². The van der Waals surface area contributed by atoms with Crippen molar-refractivity contribution >= 4 is 0 Å². The Morgan fingerprint density at radius 3 is 2.50 bits per heavy atom. The van der Waals surface area contributed by atoms with Crippen molar-refractivity contribution < 1.29 is 0 Å². The third-order valence-electron chi connectivity index (χ3n) is 2.86. The summed E-state index contributed by atoms with van der Waals surface area (Å²) in [5.41, 5.74) is 0. The lowest BCUT2D eigenvalue weighted by Crippen LogP contribution is -2.49. The first-order valence-electron chi connectivity index (χ1n) is 5.15. The minimum absolute atomic E-state index is 0.735. The zero-order valence-electron chi connectivity index (χ0n) is 8.64. The third-order valence-corrected chi connectivity index (χ3v) is 2.86. The highest BCUT2D eigenvalue weighted by atomic mass is 15.1. The van der Waals surface area contributed by atoms with Gasteiger partial charge in [0.1, 0.15) is 0 Å². The standard InChI is InChI=1S/C10H22N2/c1-4-11-9-7-5-6-8-10(9)12(2)3/h9-11H,4-8H2,1-3H3. The molecule has 0 saturated heterocycles. The van der Waals surface area contributed by atoms with Crippen LogP contribution < -0.4 is 5.32 Å². The minimum Gasteiger partial charge on any atom is -0.313 e. The maximum Gasteiger partial charge on any atom is 0.0243 e. The predicted molar refractivity (Wildman–Crippen MR) is 53.4 cm³/mol. The van der Waals surface area contributed by atoms with Gasteiger partial charge < -0.3 is 10.2 Å². The monoisotopic (exact) mass is 170 g/mol. The fourth-order valence-electron chi connectivity index (χ4n) is 2.23. The summed E-state index contributed by atoms with van der Waals surface area (Å²) in [5.74, 6) is 0. The molecule has 1 aliphatic rings. The molecule has 2 atom stereocenters. The Bertz CT molecular complexity index is 121. The highest BCUT2D eigenvalue weighted by Crippen LogP contribution is 2.21. The lowest BCUT2D eigenvalue weighted by atomic mass is 9.89. The van der Waals surface area contributed by atoms with Crippen molar-refractivity contribution in [2.75, 3.05) is 20.6 Å². The molecule has 0 aromatic heterocycles. The SMILES string of the molecule is CCNC1CCCCC1N(C)C. The zero-order chi connectivity index (χ0) is 8.97. The van der Waals surface area contributed by atoms with Crippen LogP contribution in [0.4, 0.5) is 0 Å². The van der Waals surface area contributed by atoms with Gasteiger partial charge in [-0.1, -0.05) is 19.8 Å². The summed E-state index contributed by atoms with van der Waals surface area (Å²) in [6.07, 6.45) is 5.54. The number of hydrogen-bond donors (Lipinski definition) is 1. The van der Waals surface area contributed by atoms with E-state index in [0.717, 1.165) is 18.6 Å². The van der Waals surface area contributed by atoms with Crippen molar-refractivity contribution in [2.45, 2.75) is 44.7 Å². The van der Waals surface area contributed by atoms with E-state index in [1.165, 1.54) is 25.7 Å². The second-order valence-corrected chi connectivity index (χ2v) is 3.98. The molecule has 2 unspecified atom stereocenters. The van der Waals surface area contributed by atoms with Crippen LogP contribution >= 0.6 is 0 Å². The minimum atomic E-state index is 0.735. The van der Waals surface area contributed by atoms with Crippen LogP contribution in [0.1, 0.15) is 32.6 Å².